The normalized spacial score (nSPS) is 20.8. The van der Waals surface area contributed by atoms with Crippen LogP contribution in [0.5, 0.6) is 0 Å². The zero-order valence-corrected chi connectivity index (χ0v) is 12.8. The van der Waals surface area contributed by atoms with Crippen LogP contribution in [0.25, 0.3) is 11.3 Å². The maximum absolute atomic E-state index is 11.9. The average Bonchev–Trinajstić information content (AvgIpc) is 2.97. The SMILES string of the molecule is Cc1ccc(C)c(-c2csc(NC(=O)C3CC3C)n2)c1. The number of amides is 1. The Hall–Kier alpha value is -1.68. The molecule has 1 amide bonds. The van der Waals surface area contributed by atoms with Crippen molar-refractivity contribution in [1.29, 1.82) is 0 Å². The Kier molecular flexibility index (Phi) is 3.34. The molecule has 1 aliphatic carbocycles. The van der Waals surface area contributed by atoms with E-state index in [1.54, 1.807) is 0 Å². The van der Waals surface area contributed by atoms with Gasteiger partial charge in [0.2, 0.25) is 5.91 Å². The van der Waals surface area contributed by atoms with Gasteiger partial charge in [0.25, 0.3) is 0 Å². The van der Waals surface area contributed by atoms with Crippen molar-refractivity contribution in [2.75, 3.05) is 5.32 Å². The third-order valence-corrected chi connectivity index (χ3v) is 4.61. The lowest BCUT2D eigenvalue weighted by molar-refractivity contribution is -0.117. The highest BCUT2D eigenvalue weighted by molar-refractivity contribution is 7.14. The van der Waals surface area contributed by atoms with Gasteiger partial charge in [-0.15, -0.1) is 11.3 Å². The first-order valence-corrected chi connectivity index (χ1v) is 7.76. The Labute approximate surface area is 123 Å². The minimum absolute atomic E-state index is 0.111. The number of thiazole rings is 1. The Balaban J connectivity index is 1.79. The molecule has 4 heteroatoms. The fraction of sp³-hybridized carbons (Fsp3) is 0.375. The van der Waals surface area contributed by atoms with Crippen LogP contribution in [0.4, 0.5) is 5.13 Å². The lowest BCUT2D eigenvalue weighted by Crippen LogP contribution is -2.14. The molecule has 0 radical (unpaired) electrons. The van der Waals surface area contributed by atoms with E-state index < -0.39 is 0 Å². The maximum atomic E-state index is 11.9. The summed E-state index contributed by atoms with van der Waals surface area (Å²) < 4.78 is 0. The highest BCUT2D eigenvalue weighted by Crippen LogP contribution is 2.39. The topological polar surface area (TPSA) is 42.0 Å². The molecule has 1 heterocycles. The summed E-state index contributed by atoms with van der Waals surface area (Å²) in [4.78, 5) is 16.5. The molecule has 1 aromatic carbocycles. The summed E-state index contributed by atoms with van der Waals surface area (Å²) in [6.07, 6.45) is 1.00. The van der Waals surface area contributed by atoms with Crippen molar-refractivity contribution in [2.24, 2.45) is 11.8 Å². The summed E-state index contributed by atoms with van der Waals surface area (Å²) in [5.41, 5.74) is 4.50. The predicted octanol–water partition coefficient (Wildman–Crippen LogP) is 4.02. The minimum Gasteiger partial charge on any atom is -0.302 e. The second-order valence-electron chi connectivity index (χ2n) is 5.67. The van der Waals surface area contributed by atoms with Gasteiger partial charge in [-0.25, -0.2) is 4.98 Å². The molecule has 1 aromatic heterocycles. The number of anilines is 1. The van der Waals surface area contributed by atoms with Crippen LogP contribution in [0.15, 0.2) is 23.6 Å². The number of aryl methyl sites for hydroxylation is 2. The number of nitrogens with one attached hydrogen (secondary N) is 1. The van der Waals surface area contributed by atoms with Crippen LogP contribution < -0.4 is 5.32 Å². The van der Waals surface area contributed by atoms with Gasteiger partial charge >= 0.3 is 0 Å². The fourth-order valence-electron chi connectivity index (χ4n) is 2.35. The standard InChI is InChI=1S/C16H18N2OS/c1-9-4-5-10(2)12(6-9)14-8-20-16(17-14)18-15(19)13-7-11(13)3/h4-6,8,11,13H,7H2,1-3H3,(H,17,18,19). The molecule has 1 saturated carbocycles. The molecule has 2 unspecified atom stereocenters. The van der Waals surface area contributed by atoms with Crippen LogP contribution in [-0.2, 0) is 4.79 Å². The monoisotopic (exact) mass is 286 g/mol. The van der Waals surface area contributed by atoms with Gasteiger partial charge in [0, 0.05) is 16.9 Å². The van der Waals surface area contributed by atoms with Crippen molar-refractivity contribution < 1.29 is 4.79 Å². The molecule has 1 N–H and O–H groups in total. The van der Waals surface area contributed by atoms with E-state index in [0.29, 0.717) is 11.0 Å². The first-order valence-electron chi connectivity index (χ1n) is 6.88. The van der Waals surface area contributed by atoms with Crippen molar-refractivity contribution in [3.05, 3.63) is 34.7 Å². The molecule has 1 aliphatic rings. The largest absolute Gasteiger partial charge is 0.302 e. The molecule has 3 nitrogen and oxygen atoms in total. The molecule has 3 rings (SSSR count). The van der Waals surface area contributed by atoms with Crippen molar-refractivity contribution in [3.63, 3.8) is 0 Å². The van der Waals surface area contributed by atoms with E-state index in [1.807, 2.05) is 5.38 Å². The molecule has 20 heavy (non-hydrogen) atoms. The van der Waals surface area contributed by atoms with E-state index in [1.165, 1.54) is 22.5 Å². The Morgan fingerprint density at radius 3 is 2.85 bits per heavy atom. The molecule has 104 valence electrons. The molecule has 1 fully saturated rings. The van der Waals surface area contributed by atoms with Gasteiger partial charge in [-0.2, -0.15) is 0 Å². The Morgan fingerprint density at radius 2 is 2.15 bits per heavy atom. The summed E-state index contributed by atoms with van der Waals surface area (Å²) in [5, 5.41) is 5.63. The lowest BCUT2D eigenvalue weighted by atomic mass is 10.0. The van der Waals surface area contributed by atoms with Crippen LogP contribution in [0.2, 0.25) is 0 Å². The van der Waals surface area contributed by atoms with E-state index in [2.05, 4.69) is 49.3 Å². The van der Waals surface area contributed by atoms with E-state index in [-0.39, 0.29) is 11.8 Å². The van der Waals surface area contributed by atoms with Crippen LogP contribution in [0.1, 0.15) is 24.5 Å². The molecular weight excluding hydrogens is 268 g/mol. The molecule has 0 bridgehead atoms. The van der Waals surface area contributed by atoms with E-state index in [9.17, 15) is 4.79 Å². The highest BCUT2D eigenvalue weighted by Gasteiger charge is 2.39. The molecular formula is C16H18N2OS. The third kappa shape index (κ3) is 2.61. The van der Waals surface area contributed by atoms with Gasteiger partial charge in [-0.05, 0) is 37.8 Å². The van der Waals surface area contributed by atoms with Crippen molar-refractivity contribution >= 4 is 22.4 Å². The zero-order valence-electron chi connectivity index (χ0n) is 11.9. The number of nitrogens with zero attached hydrogens (tertiary/aromatic N) is 1. The summed E-state index contributed by atoms with van der Waals surface area (Å²) >= 11 is 1.49. The van der Waals surface area contributed by atoms with Gasteiger partial charge in [-0.3, -0.25) is 4.79 Å². The van der Waals surface area contributed by atoms with Gasteiger partial charge in [0.15, 0.2) is 5.13 Å². The third-order valence-electron chi connectivity index (χ3n) is 3.85. The number of carbonyl (C=O) groups is 1. The zero-order chi connectivity index (χ0) is 14.3. The molecule has 2 aromatic rings. The van der Waals surface area contributed by atoms with Gasteiger partial charge in [0.1, 0.15) is 0 Å². The average molecular weight is 286 g/mol. The molecule has 0 spiro atoms. The Bertz CT molecular complexity index is 662. The maximum Gasteiger partial charge on any atom is 0.229 e. The first kappa shape index (κ1) is 13.3. The second-order valence-corrected chi connectivity index (χ2v) is 6.52. The first-order chi connectivity index (χ1) is 9.54. The number of rotatable bonds is 3. The summed E-state index contributed by atoms with van der Waals surface area (Å²) in [7, 11) is 0. The fourth-order valence-corrected chi connectivity index (χ4v) is 3.07. The molecule has 0 aliphatic heterocycles. The van der Waals surface area contributed by atoms with Crippen molar-refractivity contribution in [3.8, 4) is 11.3 Å². The quantitative estimate of drug-likeness (QED) is 0.926. The van der Waals surface area contributed by atoms with Crippen LogP contribution in [0, 0.1) is 25.7 Å². The number of carbonyl (C=O) groups excluding carboxylic acids is 1. The minimum atomic E-state index is 0.111. The number of benzene rings is 1. The van der Waals surface area contributed by atoms with Gasteiger partial charge in [-0.1, -0.05) is 24.6 Å². The Morgan fingerprint density at radius 1 is 1.40 bits per heavy atom. The highest BCUT2D eigenvalue weighted by atomic mass is 32.1. The van der Waals surface area contributed by atoms with E-state index >= 15 is 0 Å². The summed E-state index contributed by atoms with van der Waals surface area (Å²) in [6, 6.07) is 6.34. The van der Waals surface area contributed by atoms with Gasteiger partial charge in [0.05, 0.1) is 5.69 Å². The second kappa shape index (κ2) is 5.02. The van der Waals surface area contributed by atoms with Crippen LogP contribution >= 0.6 is 11.3 Å². The van der Waals surface area contributed by atoms with E-state index in [0.717, 1.165) is 17.7 Å². The van der Waals surface area contributed by atoms with Crippen LogP contribution in [-0.4, -0.2) is 10.9 Å². The lowest BCUT2D eigenvalue weighted by Gasteiger charge is -2.04. The summed E-state index contributed by atoms with van der Waals surface area (Å²) in [6.45, 7) is 6.26. The van der Waals surface area contributed by atoms with Gasteiger partial charge < -0.3 is 5.32 Å². The summed E-state index contributed by atoms with van der Waals surface area (Å²) in [5.74, 6) is 0.816. The van der Waals surface area contributed by atoms with Crippen molar-refractivity contribution in [1.82, 2.24) is 4.98 Å². The van der Waals surface area contributed by atoms with E-state index in [4.69, 9.17) is 0 Å². The number of hydrogen-bond donors (Lipinski definition) is 1. The smallest absolute Gasteiger partial charge is 0.229 e. The van der Waals surface area contributed by atoms with Crippen molar-refractivity contribution in [2.45, 2.75) is 27.2 Å². The predicted molar refractivity (Wildman–Crippen MR) is 82.9 cm³/mol. The van der Waals surface area contributed by atoms with Crippen LogP contribution in [0.3, 0.4) is 0 Å². The molecule has 2 atom stereocenters. The number of aromatic nitrogens is 1. The number of hydrogen-bond acceptors (Lipinski definition) is 3. The molecule has 0 saturated heterocycles.